The van der Waals surface area contributed by atoms with Gasteiger partial charge >= 0.3 is 17.9 Å². The minimum Gasteiger partial charge on any atom is -0.462 e. The molecule has 0 fully saturated rings. The Labute approximate surface area is 481 Å². The Balaban J connectivity index is 4.18. The number of hydrogen-bond acceptors (Lipinski definition) is 6. The first-order valence-electron chi connectivity index (χ1n) is 35.2. The SMILES string of the molecule is CCCCC/C=C\CCCCCCCC(=O)OCC(COC(=O)CCCCCCCCCCCCCCCCCCCCCCCCCC)OC(=O)CCCCCCCCCCCCCCCCCCCCCCCCC. The van der Waals surface area contributed by atoms with Crippen molar-refractivity contribution in [3.63, 3.8) is 0 Å². The lowest BCUT2D eigenvalue weighted by Gasteiger charge is -2.18. The van der Waals surface area contributed by atoms with E-state index in [0.29, 0.717) is 19.3 Å². The summed E-state index contributed by atoms with van der Waals surface area (Å²) in [6, 6.07) is 0. The topological polar surface area (TPSA) is 78.9 Å². The standard InChI is InChI=1S/C71H136O6/c1-4-7-10-13-16-19-22-25-27-29-31-33-35-37-38-40-42-44-46-49-52-55-58-61-64-70(73)76-67-68(66-75-69(72)63-60-57-54-51-48-24-21-18-15-12-9-6-3)77-71(74)65-62-59-56-53-50-47-45-43-41-39-36-34-32-30-28-26-23-20-17-14-11-8-5-2/h18,21,68H,4-17,19-20,22-67H2,1-3H3/b21-18-. The molecule has 0 spiro atoms. The van der Waals surface area contributed by atoms with Gasteiger partial charge in [0.15, 0.2) is 6.10 Å². The van der Waals surface area contributed by atoms with E-state index >= 15 is 0 Å². The van der Waals surface area contributed by atoms with Crippen LogP contribution in [0.2, 0.25) is 0 Å². The third-order valence-electron chi connectivity index (χ3n) is 16.3. The van der Waals surface area contributed by atoms with E-state index in [9.17, 15) is 14.4 Å². The van der Waals surface area contributed by atoms with Crippen LogP contribution in [-0.2, 0) is 28.6 Å². The Hall–Kier alpha value is -1.85. The van der Waals surface area contributed by atoms with Crippen molar-refractivity contribution in [2.75, 3.05) is 13.2 Å². The number of carbonyl (C=O) groups is 3. The summed E-state index contributed by atoms with van der Waals surface area (Å²) < 4.78 is 17.0. The van der Waals surface area contributed by atoms with Crippen LogP contribution in [-0.4, -0.2) is 37.2 Å². The maximum atomic E-state index is 12.9. The lowest BCUT2D eigenvalue weighted by atomic mass is 10.0. The molecule has 0 amide bonds. The normalized spacial score (nSPS) is 12.0. The van der Waals surface area contributed by atoms with Crippen LogP contribution in [0.1, 0.15) is 406 Å². The average molecular weight is 1090 g/mol. The van der Waals surface area contributed by atoms with Gasteiger partial charge in [0, 0.05) is 19.3 Å². The molecule has 0 aromatic heterocycles. The summed E-state index contributed by atoms with van der Waals surface area (Å²) in [5.41, 5.74) is 0. The zero-order valence-electron chi connectivity index (χ0n) is 52.5. The van der Waals surface area contributed by atoms with Gasteiger partial charge in [-0.2, -0.15) is 0 Å². The van der Waals surface area contributed by atoms with Gasteiger partial charge in [-0.1, -0.05) is 354 Å². The predicted octanol–water partition coefficient (Wildman–Crippen LogP) is 24.0. The van der Waals surface area contributed by atoms with Crippen LogP contribution in [0.4, 0.5) is 0 Å². The molecular formula is C71H136O6. The summed E-state index contributed by atoms with van der Waals surface area (Å²) >= 11 is 0. The Morgan fingerprint density at radius 1 is 0.247 bits per heavy atom. The van der Waals surface area contributed by atoms with Gasteiger partial charge in [0.2, 0.25) is 0 Å². The van der Waals surface area contributed by atoms with Crippen molar-refractivity contribution in [1.82, 2.24) is 0 Å². The molecule has 0 radical (unpaired) electrons. The molecule has 6 nitrogen and oxygen atoms in total. The minimum atomic E-state index is -0.769. The van der Waals surface area contributed by atoms with Crippen LogP contribution < -0.4 is 0 Å². The molecule has 0 rings (SSSR count). The molecule has 1 unspecified atom stereocenters. The monoisotopic (exact) mass is 1090 g/mol. The minimum absolute atomic E-state index is 0.0658. The van der Waals surface area contributed by atoms with E-state index in [-0.39, 0.29) is 31.1 Å². The number of allylic oxidation sites excluding steroid dienone is 2. The summed E-state index contributed by atoms with van der Waals surface area (Å²) in [4.78, 5) is 38.4. The van der Waals surface area contributed by atoms with E-state index in [1.54, 1.807) is 0 Å². The summed E-state index contributed by atoms with van der Waals surface area (Å²) in [5, 5.41) is 0. The van der Waals surface area contributed by atoms with Crippen molar-refractivity contribution in [2.45, 2.75) is 412 Å². The predicted molar refractivity (Wildman–Crippen MR) is 335 cm³/mol. The Morgan fingerprint density at radius 2 is 0.429 bits per heavy atom. The van der Waals surface area contributed by atoms with E-state index in [1.807, 2.05) is 0 Å². The zero-order chi connectivity index (χ0) is 55.7. The quantitative estimate of drug-likeness (QED) is 0.0261. The highest BCUT2D eigenvalue weighted by molar-refractivity contribution is 5.71. The van der Waals surface area contributed by atoms with Gasteiger partial charge in [-0.15, -0.1) is 0 Å². The van der Waals surface area contributed by atoms with Crippen LogP contribution in [0.5, 0.6) is 0 Å². The molecule has 456 valence electrons. The van der Waals surface area contributed by atoms with Crippen LogP contribution in [0, 0.1) is 0 Å². The highest BCUT2D eigenvalue weighted by atomic mass is 16.6. The molecular weight excluding hydrogens is 949 g/mol. The molecule has 0 N–H and O–H groups in total. The fraction of sp³-hybridized carbons (Fsp3) is 0.930. The van der Waals surface area contributed by atoms with Gasteiger partial charge in [-0.3, -0.25) is 14.4 Å². The Morgan fingerprint density at radius 3 is 0.675 bits per heavy atom. The first-order valence-corrected chi connectivity index (χ1v) is 35.2. The largest absolute Gasteiger partial charge is 0.462 e. The molecule has 0 saturated heterocycles. The number of ether oxygens (including phenoxy) is 3. The lowest BCUT2D eigenvalue weighted by Crippen LogP contribution is -2.30. The van der Waals surface area contributed by atoms with Gasteiger partial charge in [-0.05, 0) is 44.9 Å². The van der Waals surface area contributed by atoms with Crippen molar-refractivity contribution in [3.8, 4) is 0 Å². The summed E-state index contributed by atoms with van der Waals surface area (Å²) in [6.45, 7) is 6.70. The maximum Gasteiger partial charge on any atom is 0.306 e. The van der Waals surface area contributed by atoms with Crippen LogP contribution in [0.3, 0.4) is 0 Å². The second-order valence-electron chi connectivity index (χ2n) is 24.2. The summed E-state index contributed by atoms with van der Waals surface area (Å²) in [7, 11) is 0. The fourth-order valence-electron chi connectivity index (χ4n) is 11.0. The molecule has 0 aliphatic carbocycles. The Kier molecular flexibility index (Phi) is 65.1. The van der Waals surface area contributed by atoms with Gasteiger partial charge in [0.25, 0.3) is 0 Å². The van der Waals surface area contributed by atoms with Gasteiger partial charge in [-0.25, -0.2) is 0 Å². The van der Waals surface area contributed by atoms with E-state index in [0.717, 1.165) is 64.2 Å². The van der Waals surface area contributed by atoms with Crippen LogP contribution in [0.15, 0.2) is 12.2 Å². The number of hydrogen-bond donors (Lipinski definition) is 0. The molecule has 0 aromatic rings. The summed E-state index contributed by atoms with van der Waals surface area (Å²) in [5.74, 6) is -0.841. The third-order valence-corrected chi connectivity index (χ3v) is 16.3. The molecule has 0 aliphatic rings. The van der Waals surface area contributed by atoms with Crippen molar-refractivity contribution in [3.05, 3.63) is 12.2 Å². The zero-order valence-corrected chi connectivity index (χ0v) is 52.5. The van der Waals surface area contributed by atoms with Crippen LogP contribution in [0.25, 0.3) is 0 Å². The molecule has 0 aromatic carbocycles. The number of unbranched alkanes of at least 4 members (excludes halogenated alkanes) is 53. The molecule has 77 heavy (non-hydrogen) atoms. The fourth-order valence-corrected chi connectivity index (χ4v) is 11.0. The third kappa shape index (κ3) is 64.9. The van der Waals surface area contributed by atoms with Crippen molar-refractivity contribution < 1.29 is 28.6 Å². The first-order chi connectivity index (χ1) is 38.0. The molecule has 0 saturated carbocycles. The molecule has 1 atom stereocenters. The average Bonchev–Trinajstić information content (AvgIpc) is 3.43. The van der Waals surface area contributed by atoms with Gasteiger partial charge < -0.3 is 14.2 Å². The second kappa shape index (κ2) is 66.7. The van der Waals surface area contributed by atoms with E-state index < -0.39 is 6.10 Å². The van der Waals surface area contributed by atoms with Crippen molar-refractivity contribution in [2.24, 2.45) is 0 Å². The maximum absolute atomic E-state index is 12.9. The summed E-state index contributed by atoms with van der Waals surface area (Å²) in [6.07, 6.45) is 79.6. The van der Waals surface area contributed by atoms with Crippen molar-refractivity contribution >= 4 is 17.9 Å². The highest BCUT2D eigenvalue weighted by Crippen LogP contribution is 2.19. The van der Waals surface area contributed by atoms with E-state index in [4.69, 9.17) is 14.2 Å². The number of carbonyl (C=O) groups excluding carboxylic acids is 3. The van der Waals surface area contributed by atoms with Gasteiger partial charge in [0.1, 0.15) is 13.2 Å². The highest BCUT2D eigenvalue weighted by Gasteiger charge is 2.19. The number of rotatable bonds is 66. The second-order valence-corrected chi connectivity index (χ2v) is 24.2. The van der Waals surface area contributed by atoms with E-state index in [2.05, 4.69) is 32.9 Å². The smallest absolute Gasteiger partial charge is 0.306 e. The molecule has 0 bridgehead atoms. The molecule has 0 aliphatic heterocycles. The lowest BCUT2D eigenvalue weighted by molar-refractivity contribution is -0.167. The number of esters is 3. The Bertz CT molecular complexity index is 1200. The molecule has 0 heterocycles. The van der Waals surface area contributed by atoms with E-state index in [1.165, 1.54) is 302 Å². The molecule has 6 heteroatoms. The van der Waals surface area contributed by atoms with Crippen molar-refractivity contribution in [1.29, 1.82) is 0 Å². The van der Waals surface area contributed by atoms with Gasteiger partial charge in [0.05, 0.1) is 0 Å². The first kappa shape index (κ1) is 75.2. The van der Waals surface area contributed by atoms with Crippen LogP contribution >= 0.6 is 0 Å².